The number of aryl methyl sites for hydroxylation is 1. The Morgan fingerprint density at radius 1 is 1.47 bits per heavy atom. The minimum Gasteiger partial charge on any atom is -0.495 e. The fourth-order valence-electron chi connectivity index (χ4n) is 1.33. The van der Waals surface area contributed by atoms with Gasteiger partial charge in [-0.05, 0) is 32.4 Å². The Bertz CT molecular complexity index is 449. The van der Waals surface area contributed by atoms with Gasteiger partial charge in [-0.3, -0.25) is 0 Å². The Kier molecular flexibility index (Phi) is 4.25. The summed E-state index contributed by atoms with van der Waals surface area (Å²) in [6.07, 6.45) is 0. The van der Waals surface area contributed by atoms with Crippen LogP contribution in [-0.4, -0.2) is 13.7 Å². The monoisotopic (exact) mass is 252 g/mol. The number of hydrogen-bond donors (Lipinski definition) is 1. The van der Waals surface area contributed by atoms with Crippen molar-refractivity contribution < 1.29 is 4.74 Å². The highest BCUT2D eigenvalue weighted by Gasteiger charge is 2.17. The first-order valence-electron chi connectivity index (χ1n) is 5.39. The van der Waals surface area contributed by atoms with Gasteiger partial charge in [-0.15, -0.1) is 0 Å². The number of anilines is 1. The van der Waals surface area contributed by atoms with E-state index in [1.807, 2.05) is 26.8 Å². The van der Waals surface area contributed by atoms with Gasteiger partial charge in [-0.25, -0.2) is 0 Å². The molecule has 1 aromatic carbocycles. The number of benzene rings is 1. The Labute approximate surface area is 107 Å². The van der Waals surface area contributed by atoms with Crippen molar-refractivity contribution in [2.75, 3.05) is 19.0 Å². The number of methoxy groups -OCH3 is 1. The van der Waals surface area contributed by atoms with Crippen LogP contribution < -0.4 is 10.1 Å². The van der Waals surface area contributed by atoms with Crippen molar-refractivity contribution in [3.63, 3.8) is 0 Å². The van der Waals surface area contributed by atoms with Crippen molar-refractivity contribution in [2.45, 2.75) is 20.8 Å². The first-order valence-corrected chi connectivity index (χ1v) is 5.76. The predicted octanol–water partition coefficient (Wildman–Crippen LogP) is 3.62. The van der Waals surface area contributed by atoms with Gasteiger partial charge in [0.25, 0.3) is 0 Å². The SMILES string of the molecule is COc1cc(Cl)c(C)cc1NCC(C)(C)C#N. The van der Waals surface area contributed by atoms with Crippen molar-refractivity contribution in [1.29, 1.82) is 5.26 Å². The van der Waals surface area contributed by atoms with Crippen molar-refractivity contribution in [1.82, 2.24) is 0 Å². The molecule has 0 spiro atoms. The average molecular weight is 253 g/mol. The number of nitrogens with one attached hydrogen (secondary N) is 1. The van der Waals surface area contributed by atoms with Crippen molar-refractivity contribution >= 4 is 17.3 Å². The van der Waals surface area contributed by atoms with Gasteiger partial charge in [-0.2, -0.15) is 5.26 Å². The van der Waals surface area contributed by atoms with Crippen LogP contribution in [0.25, 0.3) is 0 Å². The second-order valence-electron chi connectivity index (χ2n) is 4.65. The molecule has 3 nitrogen and oxygen atoms in total. The molecule has 0 radical (unpaired) electrons. The van der Waals surface area contributed by atoms with Gasteiger partial charge in [0.05, 0.1) is 24.3 Å². The lowest BCUT2D eigenvalue weighted by atomic mass is 9.96. The Morgan fingerprint density at radius 3 is 2.65 bits per heavy atom. The minimum absolute atomic E-state index is 0.418. The lowest BCUT2D eigenvalue weighted by Gasteiger charge is -2.19. The summed E-state index contributed by atoms with van der Waals surface area (Å²) in [5, 5.41) is 12.8. The smallest absolute Gasteiger partial charge is 0.143 e. The normalized spacial score (nSPS) is 10.8. The van der Waals surface area contributed by atoms with Crippen LogP contribution in [-0.2, 0) is 0 Å². The van der Waals surface area contributed by atoms with E-state index in [0.29, 0.717) is 17.3 Å². The Balaban J connectivity index is 2.92. The predicted molar refractivity (Wildman–Crippen MR) is 70.6 cm³/mol. The van der Waals surface area contributed by atoms with Gasteiger partial charge in [0, 0.05) is 17.6 Å². The molecule has 1 aromatic rings. The summed E-state index contributed by atoms with van der Waals surface area (Å²) in [7, 11) is 1.60. The fourth-order valence-corrected chi connectivity index (χ4v) is 1.48. The van der Waals surface area contributed by atoms with Gasteiger partial charge in [0.15, 0.2) is 0 Å². The zero-order valence-electron chi connectivity index (χ0n) is 10.6. The molecule has 0 bridgehead atoms. The molecule has 0 aliphatic rings. The maximum Gasteiger partial charge on any atom is 0.143 e. The van der Waals surface area contributed by atoms with Crippen LogP contribution in [0.3, 0.4) is 0 Å². The van der Waals surface area contributed by atoms with E-state index >= 15 is 0 Å². The van der Waals surface area contributed by atoms with Gasteiger partial charge in [0.2, 0.25) is 0 Å². The summed E-state index contributed by atoms with van der Waals surface area (Å²) < 4.78 is 5.25. The first kappa shape index (κ1) is 13.7. The fraction of sp³-hybridized carbons (Fsp3) is 0.462. The summed E-state index contributed by atoms with van der Waals surface area (Å²) in [5.74, 6) is 0.689. The number of rotatable bonds is 4. The van der Waals surface area contributed by atoms with E-state index in [1.54, 1.807) is 13.2 Å². The molecule has 4 heteroatoms. The van der Waals surface area contributed by atoms with E-state index in [9.17, 15) is 0 Å². The maximum atomic E-state index is 8.95. The average Bonchev–Trinajstić information content (AvgIpc) is 2.30. The standard InChI is InChI=1S/C13H17ClN2O/c1-9-5-11(12(17-4)6-10(9)14)16-8-13(2,3)7-15/h5-6,16H,8H2,1-4H3. The van der Waals surface area contributed by atoms with E-state index in [2.05, 4.69) is 11.4 Å². The quantitative estimate of drug-likeness (QED) is 0.890. The Morgan fingerprint density at radius 2 is 2.12 bits per heavy atom. The summed E-state index contributed by atoms with van der Waals surface area (Å²) >= 11 is 6.02. The first-order chi connectivity index (χ1) is 7.89. The zero-order chi connectivity index (χ0) is 13.1. The highest BCUT2D eigenvalue weighted by atomic mass is 35.5. The van der Waals surface area contributed by atoms with Crippen LogP contribution in [0, 0.1) is 23.7 Å². The summed E-state index contributed by atoms with van der Waals surface area (Å²) in [6.45, 7) is 6.26. The second-order valence-corrected chi connectivity index (χ2v) is 5.06. The van der Waals surface area contributed by atoms with Crippen LogP contribution in [0.15, 0.2) is 12.1 Å². The molecule has 17 heavy (non-hydrogen) atoms. The van der Waals surface area contributed by atoms with Crippen LogP contribution in [0.4, 0.5) is 5.69 Å². The molecular weight excluding hydrogens is 236 g/mol. The molecule has 0 amide bonds. The van der Waals surface area contributed by atoms with E-state index in [4.69, 9.17) is 21.6 Å². The molecule has 0 heterocycles. The summed E-state index contributed by atoms with van der Waals surface area (Å²) in [5.41, 5.74) is 1.42. The molecule has 0 unspecified atom stereocenters. The lowest BCUT2D eigenvalue weighted by Crippen LogP contribution is -2.21. The molecule has 0 aromatic heterocycles. The minimum atomic E-state index is -0.418. The largest absolute Gasteiger partial charge is 0.495 e. The van der Waals surface area contributed by atoms with Gasteiger partial charge in [-0.1, -0.05) is 11.6 Å². The highest BCUT2D eigenvalue weighted by molar-refractivity contribution is 6.31. The zero-order valence-corrected chi connectivity index (χ0v) is 11.4. The number of nitriles is 1. The molecule has 1 rings (SSSR count). The maximum absolute atomic E-state index is 8.95. The third-order valence-electron chi connectivity index (χ3n) is 2.50. The molecule has 0 aliphatic carbocycles. The van der Waals surface area contributed by atoms with Gasteiger partial charge < -0.3 is 10.1 Å². The van der Waals surface area contributed by atoms with Crippen molar-refractivity contribution in [2.24, 2.45) is 5.41 Å². The molecule has 1 N–H and O–H groups in total. The van der Waals surface area contributed by atoms with E-state index in [-0.39, 0.29) is 0 Å². The topological polar surface area (TPSA) is 45.0 Å². The number of nitrogens with zero attached hydrogens (tertiary/aromatic N) is 1. The molecule has 92 valence electrons. The third kappa shape index (κ3) is 3.54. The lowest BCUT2D eigenvalue weighted by molar-refractivity contribution is 0.415. The van der Waals surface area contributed by atoms with Crippen LogP contribution in [0.5, 0.6) is 5.75 Å². The van der Waals surface area contributed by atoms with E-state index in [1.165, 1.54) is 0 Å². The molecule has 0 atom stereocenters. The molecule has 0 saturated carbocycles. The van der Waals surface area contributed by atoms with E-state index in [0.717, 1.165) is 11.3 Å². The van der Waals surface area contributed by atoms with Crippen molar-refractivity contribution in [3.8, 4) is 11.8 Å². The van der Waals surface area contributed by atoms with Crippen molar-refractivity contribution in [3.05, 3.63) is 22.7 Å². The van der Waals surface area contributed by atoms with Gasteiger partial charge in [0.1, 0.15) is 5.75 Å². The van der Waals surface area contributed by atoms with Crippen LogP contribution >= 0.6 is 11.6 Å². The Hall–Kier alpha value is -1.40. The molecule has 0 fully saturated rings. The van der Waals surface area contributed by atoms with Crippen LogP contribution in [0.1, 0.15) is 19.4 Å². The van der Waals surface area contributed by atoms with Gasteiger partial charge >= 0.3 is 0 Å². The summed E-state index contributed by atoms with van der Waals surface area (Å²) in [6, 6.07) is 5.95. The summed E-state index contributed by atoms with van der Waals surface area (Å²) in [4.78, 5) is 0. The van der Waals surface area contributed by atoms with E-state index < -0.39 is 5.41 Å². The molecular formula is C13H17ClN2O. The third-order valence-corrected chi connectivity index (χ3v) is 2.91. The highest BCUT2D eigenvalue weighted by Crippen LogP contribution is 2.31. The van der Waals surface area contributed by atoms with Crippen LogP contribution in [0.2, 0.25) is 5.02 Å². The number of hydrogen-bond acceptors (Lipinski definition) is 3. The second kappa shape index (κ2) is 5.29. The molecule has 0 aliphatic heterocycles. The molecule has 0 saturated heterocycles. The number of halogens is 1. The number of ether oxygens (including phenoxy) is 1.